The summed E-state index contributed by atoms with van der Waals surface area (Å²) in [5.41, 5.74) is 0. The molecule has 1 saturated heterocycles. The summed E-state index contributed by atoms with van der Waals surface area (Å²) in [4.78, 5) is 14.6. The maximum Gasteiger partial charge on any atom is 0.258 e. The van der Waals surface area contributed by atoms with Gasteiger partial charge >= 0.3 is 0 Å². The van der Waals surface area contributed by atoms with Crippen LogP contribution in [0.2, 0.25) is 0 Å². The Morgan fingerprint density at radius 3 is 2.54 bits per heavy atom. The minimum atomic E-state index is -0.144. The van der Waals surface area contributed by atoms with Crippen LogP contribution < -0.4 is 14.8 Å². The topological polar surface area (TPSA) is 63.9 Å². The van der Waals surface area contributed by atoms with Gasteiger partial charge in [-0.25, -0.2) is 0 Å². The van der Waals surface area contributed by atoms with Gasteiger partial charge in [0, 0.05) is 6.54 Å². The number of likely N-dealkylation sites (tertiary alicyclic amines) is 1. The first-order chi connectivity index (χ1) is 12.8. The van der Waals surface area contributed by atoms with E-state index in [4.69, 9.17) is 13.9 Å². The van der Waals surface area contributed by atoms with Gasteiger partial charge in [0.05, 0.1) is 19.4 Å². The molecule has 0 aliphatic carbocycles. The van der Waals surface area contributed by atoms with Crippen LogP contribution in [0.15, 0.2) is 47.1 Å². The largest absolute Gasteiger partial charge is 0.497 e. The smallest absolute Gasteiger partial charge is 0.258 e. The van der Waals surface area contributed by atoms with Crippen LogP contribution >= 0.6 is 0 Å². The zero-order valence-electron chi connectivity index (χ0n) is 15.1. The van der Waals surface area contributed by atoms with Crippen molar-refractivity contribution in [3.05, 3.63) is 48.4 Å². The molecule has 3 rings (SSSR count). The van der Waals surface area contributed by atoms with Crippen molar-refractivity contribution in [3.8, 4) is 11.5 Å². The number of rotatable bonds is 8. The fourth-order valence-electron chi connectivity index (χ4n) is 3.20. The van der Waals surface area contributed by atoms with Crippen molar-refractivity contribution >= 4 is 5.91 Å². The molecule has 1 aromatic heterocycles. The van der Waals surface area contributed by atoms with E-state index in [0.717, 1.165) is 24.6 Å². The van der Waals surface area contributed by atoms with E-state index in [-0.39, 0.29) is 18.6 Å². The van der Waals surface area contributed by atoms with Crippen LogP contribution in [0.1, 0.15) is 31.1 Å². The lowest BCUT2D eigenvalue weighted by Gasteiger charge is -2.33. The number of ether oxygens (including phenoxy) is 2. The third kappa shape index (κ3) is 5.02. The lowest BCUT2D eigenvalue weighted by atomic mass is 10.1. The fourth-order valence-corrected chi connectivity index (χ4v) is 3.20. The fraction of sp³-hybridized carbons (Fsp3) is 0.450. The molecule has 140 valence electrons. The van der Waals surface area contributed by atoms with Crippen LogP contribution in [-0.2, 0) is 4.79 Å². The maximum absolute atomic E-state index is 12.2. The van der Waals surface area contributed by atoms with Crippen LogP contribution in [0.3, 0.4) is 0 Å². The highest BCUT2D eigenvalue weighted by Crippen LogP contribution is 2.24. The summed E-state index contributed by atoms with van der Waals surface area (Å²) in [5.74, 6) is 2.14. The molecule has 1 unspecified atom stereocenters. The van der Waals surface area contributed by atoms with Crippen LogP contribution in [0, 0.1) is 0 Å². The van der Waals surface area contributed by atoms with E-state index in [1.807, 2.05) is 12.1 Å². The van der Waals surface area contributed by atoms with Gasteiger partial charge in [-0.1, -0.05) is 6.42 Å². The predicted molar refractivity (Wildman–Crippen MR) is 98.4 cm³/mol. The second-order valence-electron chi connectivity index (χ2n) is 6.40. The van der Waals surface area contributed by atoms with Crippen molar-refractivity contribution in [2.45, 2.75) is 25.3 Å². The Balaban J connectivity index is 1.50. The quantitative estimate of drug-likeness (QED) is 0.786. The molecule has 0 bridgehead atoms. The summed E-state index contributed by atoms with van der Waals surface area (Å²) in [6, 6.07) is 11.1. The number of methoxy groups -OCH3 is 1. The zero-order chi connectivity index (χ0) is 18.2. The van der Waals surface area contributed by atoms with Gasteiger partial charge in [0.15, 0.2) is 6.61 Å². The zero-order valence-corrected chi connectivity index (χ0v) is 15.1. The van der Waals surface area contributed by atoms with E-state index in [2.05, 4.69) is 10.2 Å². The summed E-state index contributed by atoms with van der Waals surface area (Å²) in [7, 11) is 1.61. The average molecular weight is 358 g/mol. The summed E-state index contributed by atoms with van der Waals surface area (Å²) in [6.07, 6.45) is 5.32. The Bertz CT molecular complexity index is 664. The minimum Gasteiger partial charge on any atom is -0.497 e. The third-order valence-electron chi connectivity index (χ3n) is 4.62. The van der Waals surface area contributed by atoms with E-state index in [1.54, 1.807) is 37.6 Å². The number of furan rings is 1. The van der Waals surface area contributed by atoms with Gasteiger partial charge in [0.2, 0.25) is 0 Å². The number of piperidine rings is 1. The first-order valence-corrected chi connectivity index (χ1v) is 9.07. The van der Waals surface area contributed by atoms with Gasteiger partial charge in [0.25, 0.3) is 5.91 Å². The van der Waals surface area contributed by atoms with Crippen molar-refractivity contribution in [1.29, 1.82) is 0 Å². The molecule has 1 atom stereocenters. The normalized spacial score (nSPS) is 16.0. The number of nitrogens with zero attached hydrogens (tertiary/aromatic N) is 1. The number of hydrogen-bond donors (Lipinski definition) is 1. The molecule has 2 aromatic rings. The molecule has 1 aliphatic heterocycles. The molecule has 0 radical (unpaired) electrons. The summed E-state index contributed by atoms with van der Waals surface area (Å²) < 4.78 is 16.2. The highest BCUT2D eigenvalue weighted by atomic mass is 16.5. The lowest BCUT2D eigenvalue weighted by molar-refractivity contribution is -0.123. The number of amides is 1. The van der Waals surface area contributed by atoms with Gasteiger partial charge in [0.1, 0.15) is 17.3 Å². The molecular formula is C20H26N2O4. The highest BCUT2D eigenvalue weighted by Gasteiger charge is 2.24. The summed E-state index contributed by atoms with van der Waals surface area (Å²) in [6.45, 7) is 2.56. The van der Waals surface area contributed by atoms with Gasteiger partial charge in [-0.05, 0) is 62.3 Å². The lowest BCUT2D eigenvalue weighted by Crippen LogP contribution is -2.41. The number of hydrogen-bond acceptors (Lipinski definition) is 5. The van der Waals surface area contributed by atoms with Gasteiger partial charge in [-0.2, -0.15) is 0 Å². The van der Waals surface area contributed by atoms with Crippen LogP contribution in [-0.4, -0.2) is 44.2 Å². The van der Waals surface area contributed by atoms with Gasteiger partial charge < -0.3 is 19.2 Å². The van der Waals surface area contributed by atoms with Crippen molar-refractivity contribution in [2.24, 2.45) is 0 Å². The Morgan fingerprint density at radius 2 is 1.88 bits per heavy atom. The molecule has 1 N–H and O–H groups in total. The number of carbonyl (C=O) groups excluding carboxylic acids is 1. The van der Waals surface area contributed by atoms with E-state index in [1.165, 1.54) is 19.3 Å². The number of benzene rings is 1. The van der Waals surface area contributed by atoms with E-state index in [0.29, 0.717) is 12.3 Å². The minimum absolute atomic E-state index is 0.0167. The number of nitrogens with one attached hydrogen (secondary N) is 1. The van der Waals surface area contributed by atoms with Crippen LogP contribution in [0.5, 0.6) is 11.5 Å². The summed E-state index contributed by atoms with van der Waals surface area (Å²) in [5, 5.41) is 2.97. The second-order valence-corrected chi connectivity index (χ2v) is 6.40. The highest BCUT2D eigenvalue weighted by molar-refractivity contribution is 5.77. The predicted octanol–water partition coefficient (Wildman–Crippen LogP) is 3.01. The molecule has 26 heavy (non-hydrogen) atoms. The SMILES string of the molecule is COc1ccc(OCC(=O)NCC(c2ccco2)N2CCCCC2)cc1. The van der Waals surface area contributed by atoms with Crippen molar-refractivity contribution < 1.29 is 18.7 Å². The molecule has 1 fully saturated rings. The molecule has 1 aliphatic rings. The monoisotopic (exact) mass is 358 g/mol. The molecule has 1 aromatic carbocycles. The molecule has 6 nitrogen and oxygen atoms in total. The molecule has 0 spiro atoms. The van der Waals surface area contributed by atoms with Crippen molar-refractivity contribution in [2.75, 3.05) is 33.4 Å². The Hall–Kier alpha value is -2.47. The maximum atomic E-state index is 12.2. The van der Waals surface area contributed by atoms with E-state index in [9.17, 15) is 4.79 Å². The molecule has 0 saturated carbocycles. The second kappa shape index (κ2) is 9.29. The first kappa shape index (κ1) is 18.3. The van der Waals surface area contributed by atoms with Crippen LogP contribution in [0.25, 0.3) is 0 Å². The molecular weight excluding hydrogens is 332 g/mol. The molecule has 2 heterocycles. The van der Waals surface area contributed by atoms with Crippen molar-refractivity contribution in [3.63, 3.8) is 0 Å². The molecule has 6 heteroatoms. The number of carbonyl (C=O) groups is 1. The molecule has 1 amide bonds. The average Bonchev–Trinajstić information content (AvgIpc) is 3.22. The van der Waals surface area contributed by atoms with Gasteiger partial charge in [-0.3, -0.25) is 9.69 Å². The van der Waals surface area contributed by atoms with Crippen LogP contribution in [0.4, 0.5) is 0 Å². The van der Waals surface area contributed by atoms with E-state index >= 15 is 0 Å². The third-order valence-corrected chi connectivity index (χ3v) is 4.62. The summed E-state index contributed by atoms with van der Waals surface area (Å²) >= 11 is 0. The first-order valence-electron chi connectivity index (χ1n) is 9.07. The van der Waals surface area contributed by atoms with Crippen molar-refractivity contribution in [1.82, 2.24) is 10.2 Å². The Morgan fingerprint density at radius 1 is 1.15 bits per heavy atom. The Labute approximate surface area is 154 Å². The van der Waals surface area contributed by atoms with Gasteiger partial charge in [-0.15, -0.1) is 0 Å². The Kier molecular flexibility index (Phi) is 6.55. The standard InChI is InChI=1S/C20H26N2O4/c1-24-16-7-9-17(10-8-16)26-15-20(23)21-14-18(19-6-5-13-25-19)22-11-3-2-4-12-22/h5-10,13,18H,2-4,11-12,14-15H2,1H3,(H,21,23). The van der Waals surface area contributed by atoms with E-state index < -0.39 is 0 Å².